The molecule has 128 valence electrons. The Balaban J connectivity index is 1.82. The summed E-state index contributed by atoms with van der Waals surface area (Å²) in [4.78, 5) is 26.8. The molecule has 0 amide bonds. The van der Waals surface area contributed by atoms with Gasteiger partial charge in [-0.25, -0.2) is 14.2 Å². The van der Waals surface area contributed by atoms with Crippen molar-refractivity contribution in [1.29, 1.82) is 0 Å². The summed E-state index contributed by atoms with van der Waals surface area (Å²) in [7, 11) is 0. The highest BCUT2D eigenvalue weighted by molar-refractivity contribution is 5.76. The maximum absolute atomic E-state index is 13.7. The first-order valence-corrected chi connectivity index (χ1v) is 7.50. The number of esters is 2. The van der Waals surface area contributed by atoms with Crippen molar-refractivity contribution < 1.29 is 27.9 Å². The first kappa shape index (κ1) is 17.7. The van der Waals surface area contributed by atoms with Crippen molar-refractivity contribution >= 4 is 11.9 Å². The maximum Gasteiger partial charge on any atom is 0.344 e. The summed E-state index contributed by atoms with van der Waals surface area (Å²) >= 11 is 0. The van der Waals surface area contributed by atoms with E-state index in [1.165, 1.54) is 12.3 Å². The molecule has 0 saturated carbocycles. The SMILES string of the molecule is CC(C)OC(=O)COC(=O)CCc1ncc(-c2ccccc2F)o1. The molecule has 1 aromatic heterocycles. The normalized spacial score (nSPS) is 10.7. The Hall–Kier alpha value is -2.70. The number of carbonyl (C=O) groups excluding carboxylic acids is 2. The largest absolute Gasteiger partial charge is 0.460 e. The summed E-state index contributed by atoms with van der Waals surface area (Å²) in [5.41, 5.74) is 0.301. The molecule has 1 aromatic carbocycles. The minimum Gasteiger partial charge on any atom is -0.460 e. The van der Waals surface area contributed by atoms with E-state index in [0.717, 1.165) is 0 Å². The zero-order chi connectivity index (χ0) is 17.5. The first-order chi connectivity index (χ1) is 11.5. The number of halogens is 1. The zero-order valence-corrected chi connectivity index (χ0v) is 13.5. The standard InChI is InChI=1S/C17H18FNO5/c1-11(2)23-17(21)10-22-16(20)8-7-15-19-9-14(24-15)12-5-3-4-6-13(12)18/h3-6,9,11H,7-8,10H2,1-2H3. The molecule has 0 N–H and O–H groups in total. The van der Waals surface area contributed by atoms with Gasteiger partial charge in [0.2, 0.25) is 0 Å². The molecule has 0 radical (unpaired) electrons. The molecule has 0 saturated heterocycles. The van der Waals surface area contributed by atoms with Gasteiger partial charge in [0.15, 0.2) is 18.3 Å². The van der Waals surface area contributed by atoms with Crippen LogP contribution in [0.3, 0.4) is 0 Å². The fourth-order valence-corrected chi connectivity index (χ4v) is 1.93. The molecular weight excluding hydrogens is 317 g/mol. The van der Waals surface area contributed by atoms with E-state index in [0.29, 0.717) is 5.56 Å². The third kappa shape index (κ3) is 5.19. The average Bonchev–Trinajstić information content (AvgIpc) is 2.99. The molecule has 0 aliphatic rings. The zero-order valence-electron chi connectivity index (χ0n) is 13.5. The highest BCUT2D eigenvalue weighted by Crippen LogP contribution is 2.23. The Morgan fingerprint density at radius 1 is 1.25 bits per heavy atom. The van der Waals surface area contributed by atoms with Crippen molar-refractivity contribution in [3.63, 3.8) is 0 Å². The molecule has 0 fully saturated rings. The van der Waals surface area contributed by atoms with Gasteiger partial charge in [0, 0.05) is 6.42 Å². The second kappa shape index (κ2) is 8.24. The quantitative estimate of drug-likeness (QED) is 0.724. The van der Waals surface area contributed by atoms with Crippen molar-refractivity contribution in [3.8, 4) is 11.3 Å². The van der Waals surface area contributed by atoms with Gasteiger partial charge in [0.1, 0.15) is 5.82 Å². The summed E-state index contributed by atoms with van der Waals surface area (Å²) in [5, 5.41) is 0. The number of benzene rings is 1. The van der Waals surface area contributed by atoms with Crippen molar-refractivity contribution in [3.05, 3.63) is 42.2 Å². The third-order valence-electron chi connectivity index (χ3n) is 2.95. The van der Waals surface area contributed by atoms with Crippen molar-refractivity contribution in [1.82, 2.24) is 4.98 Å². The van der Waals surface area contributed by atoms with E-state index < -0.39 is 24.4 Å². The van der Waals surface area contributed by atoms with Gasteiger partial charge in [-0.2, -0.15) is 0 Å². The number of oxazole rings is 1. The average molecular weight is 335 g/mol. The molecule has 1 heterocycles. The van der Waals surface area contributed by atoms with Crippen molar-refractivity contribution in [2.45, 2.75) is 32.8 Å². The topological polar surface area (TPSA) is 78.6 Å². The predicted molar refractivity (Wildman–Crippen MR) is 82.4 cm³/mol. The summed E-state index contributed by atoms with van der Waals surface area (Å²) < 4.78 is 28.7. The molecule has 7 heteroatoms. The lowest BCUT2D eigenvalue weighted by Gasteiger charge is -2.07. The van der Waals surface area contributed by atoms with Gasteiger partial charge in [0.05, 0.1) is 24.3 Å². The van der Waals surface area contributed by atoms with Gasteiger partial charge >= 0.3 is 11.9 Å². The van der Waals surface area contributed by atoms with Crippen LogP contribution in [0.15, 0.2) is 34.9 Å². The monoisotopic (exact) mass is 335 g/mol. The van der Waals surface area contributed by atoms with E-state index in [-0.39, 0.29) is 30.6 Å². The number of hydrogen-bond acceptors (Lipinski definition) is 6. The molecule has 24 heavy (non-hydrogen) atoms. The number of aryl methyl sites for hydroxylation is 1. The predicted octanol–water partition coefficient (Wildman–Crippen LogP) is 2.91. The molecule has 2 rings (SSSR count). The van der Waals surface area contributed by atoms with Gasteiger partial charge in [-0.15, -0.1) is 0 Å². The third-order valence-corrected chi connectivity index (χ3v) is 2.95. The Morgan fingerprint density at radius 2 is 2.00 bits per heavy atom. The fraction of sp³-hybridized carbons (Fsp3) is 0.353. The second-order valence-corrected chi connectivity index (χ2v) is 5.30. The van der Waals surface area contributed by atoms with E-state index in [4.69, 9.17) is 13.9 Å². The van der Waals surface area contributed by atoms with E-state index >= 15 is 0 Å². The van der Waals surface area contributed by atoms with Crippen LogP contribution in [0, 0.1) is 5.82 Å². The molecule has 0 bridgehead atoms. The number of carbonyl (C=O) groups is 2. The highest BCUT2D eigenvalue weighted by Gasteiger charge is 2.14. The van der Waals surface area contributed by atoms with Crippen LogP contribution in [-0.2, 0) is 25.5 Å². The molecule has 6 nitrogen and oxygen atoms in total. The van der Waals surface area contributed by atoms with Gasteiger partial charge in [-0.3, -0.25) is 4.79 Å². The summed E-state index contributed by atoms with van der Waals surface area (Å²) in [5.74, 6) is -1.01. The molecule has 0 spiro atoms. The van der Waals surface area contributed by atoms with Crippen molar-refractivity contribution in [2.24, 2.45) is 0 Å². The number of nitrogens with zero attached hydrogens (tertiary/aromatic N) is 1. The molecule has 0 aliphatic heterocycles. The molecule has 2 aromatic rings. The van der Waals surface area contributed by atoms with E-state index in [1.807, 2.05) is 0 Å². The van der Waals surface area contributed by atoms with Crippen LogP contribution in [-0.4, -0.2) is 29.6 Å². The smallest absolute Gasteiger partial charge is 0.344 e. The molecule has 0 atom stereocenters. The number of rotatable bonds is 7. The Bertz CT molecular complexity index is 711. The minimum atomic E-state index is -0.601. The van der Waals surface area contributed by atoms with Crippen LogP contribution >= 0.6 is 0 Å². The molecular formula is C17H18FNO5. The summed E-state index contributed by atoms with van der Waals surface area (Å²) in [6.07, 6.45) is 1.32. The number of ether oxygens (including phenoxy) is 2. The van der Waals surface area contributed by atoms with Crippen LogP contribution < -0.4 is 0 Å². The Morgan fingerprint density at radius 3 is 2.71 bits per heavy atom. The van der Waals surface area contributed by atoms with Gasteiger partial charge in [0.25, 0.3) is 0 Å². The lowest BCUT2D eigenvalue weighted by molar-refractivity contribution is -0.161. The van der Waals surface area contributed by atoms with Crippen LogP contribution in [0.5, 0.6) is 0 Å². The van der Waals surface area contributed by atoms with Gasteiger partial charge in [-0.05, 0) is 26.0 Å². The number of hydrogen-bond donors (Lipinski definition) is 0. The van der Waals surface area contributed by atoms with E-state index in [2.05, 4.69) is 4.98 Å². The van der Waals surface area contributed by atoms with E-state index in [1.54, 1.807) is 32.0 Å². The summed E-state index contributed by atoms with van der Waals surface area (Å²) in [6, 6.07) is 6.17. The Kier molecular flexibility index (Phi) is 6.06. The minimum absolute atomic E-state index is 0.00775. The molecule has 0 unspecified atom stereocenters. The van der Waals surface area contributed by atoms with Crippen LogP contribution in [0.1, 0.15) is 26.2 Å². The van der Waals surface area contributed by atoms with Crippen LogP contribution in [0.4, 0.5) is 4.39 Å². The number of aromatic nitrogens is 1. The van der Waals surface area contributed by atoms with Gasteiger partial charge in [-0.1, -0.05) is 12.1 Å². The van der Waals surface area contributed by atoms with Crippen LogP contribution in [0.2, 0.25) is 0 Å². The van der Waals surface area contributed by atoms with Crippen molar-refractivity contribution in [2.75, 3.05) is 6.61 Å². The fourth-order valence-electron chi connectivity index (χ4n) is 1.93. The first-order valence-electron chi connectivity index (χ1n) is 7.50. The Labute approximate surface area is 138 Å². The lowest BCUT2D eigenvalue weighted by atomic mass is 10.2. The maximum atomic E-state index is 13.7. The van der Waals surface area contributed by atoms with Gasteiger partial charge < -0.3 is 13.9 Å². The molecule has 0 aliphatic carbocycles. The lowest BCUT2D eigenvalue weighted by Crippen LogP contribution is -2.19. The highest BCUT2D eigenvalue weighted by atomic mass is 19.1. The van der Waals surface area contributed by atoms with E-state index in [9.17, 15) is 14.0 Å². The van der Waals surface area contributed by atoms with Crippen LogP contribution in [0.25, 0.3) is 11.3 Å². The summed E-state index contributed by atoms with van der Waals surface area (Å²) in [6.45, 7) is 2.98. The second-order valence-electron chi connectivity index (χ2n) is 5.30.